The van der Waals surface area contributed by atoms with Crippen LogP contribution in [0.4, 0.5) is 0 Å². The van der Waals surface area contributed by atoms with Gasteiger partial charge in [-0.25, -0.2) is 0 Å². The Labute approximate surface area is 260 Å². The fourth-order valence-electron chi connectivity index (χ4n) is 6.74. The van der Waals surface area contributed by atoms with Gasteiger partial charge in [0.25, 0.3) is 0 Å². The molecule has 2 heterocycles. The first kappa shape index (κ1) is 40.1. The van der Waals surface area contributed by atoms with Gasteiger partial charge in [-0.05, 0) is 80.9 Å². The number of nitrogens with zero attached hydrogens (tertiary/aromatic N) is 2. The minimum atomic E-state index is -1.75. The lowest BCUT2D eigenvalue weighted by molar-refractivity contribution is -0.299. The topological polar surface area (TPSA) is 152 Å². The zero-order valence-corrected chi connectivity index (χ0v) is 29.0. The van der Waals surface area contributed by atoms with Crippen LogP contribution in [0.5, 0.6) is 0 Å². The van der Waals surface area contributed by atoms with Crippen molar-refractivity contribution < 1.29 is 44.5 Å². The van der Waals surface area contributed by atoms with Gasteiger partial charge in [-0.15, -0.1) is 0 Å². The first-order chi connectivity index (χ1) is 19.8. The van der Waals surface area contributed by atoms with E-state index in [4.69, 9.17) is 14.2 Å². The van der Waals surface area contributed by atoms with Gasteiger partial charge in [-0.3, -0.25) is 4.79 Å². The van der Waals surface area contributed by atoms with Crippen molar-refractivity contribution in [3.63, 3.8) is 0 Å². The summed E-state index contributed by atoms with van der Waals surface area (Å²) in [7, 11) is 5.58. The van der Waals surface area contributed by atoms with Crippen LogP contribution in [0.25, 0.3) is 0 Å². The van der Waals surface area contributed by atoms with Crippen LogP contribution in [0.2, 0.25) is 0 Å². The van der Waals surface area contributed by atoms with Gasteiger partial charge in [0.2, 0.25) is 0 Å². The number of carbonyl (C=O) groups is 1. The van der Waals surface area contributed by atoms with E-state index in [0.29, 0.717) is 13.0 Å². The molecule has 0 bridgehead atoms. The molecule has 11 heteroatoms. The SMILES string of the molecule is CC.CC[C@H]1OC(=O)[C@H](C)[C@@H](O)[C@H](C)[C@@H](O[C@@H]2O[C@H](C)C[C@H](N(C)C)[C@H]2O)[C@](C)(O)C[C@@H](C)CN(C)[C@H](C)[C@@H](O)[C@]1(C)O. The predicted molar refractivity (Wildman–Crippen MR) is 166 cm³/mol. The van der Waals surface area contributed by atoms with Crippen molar-refractivity contribution in [2.75, 3.05) is 27.7 Å². The van der Waals surface area contributed by atoms with Crippen LogP contribution < -0.4 is 0 Å². The molecule has 2 aliphatic heterocycles. The summed E-state index contributed by atoms with van der Waals surface area (Å²) in [5.41, 5.74) is -3.25. The molecular weight excluding hydrogens is 556 g/mol. The Bertz CT molecular complexity index is 842. The van der Waals surface area contributed by atoms with Crippen LogP contribution in [0.1, 0.15) is 88.5 Å². The fourth-order valence-corrected chi connectivity index (χ4v) is 6.74. The number of hydrogen-bond donors (Lipinski definition) is 5. The summed E-state index contributed by atoms with van der Waals surface area (Å²) >= 11 is 0. The summed E-state index contributed by atoms with van der Waals surface area (Å²) in [5, 5.41) is 57.0. The molecule has 0 aromatic carbocycles. The van der Waals surface area contributed by atoms with E-state index >= 15 is 0 Å². The Morgan fingerprint density at radius 2 is 1.58 bits per heavy atom. The number of carbonyl (C=O) groups excluding carboxylic acids is 1. The second kappa shape index (κ2) is 16.6. The van der Waals surface area contributed by atoms with Gasteiger partial charge < -0.3 is 49.5 Å². The lowest BCUT2D eigenvalue weighted by atomic mass is 9.78. The number of aliphatic hydroxyl groups excluding tert-OH is 3. The highest BCUT2D eigenvalue weighted by Gasteiger charge is 2.49. The van der Waals surface area contributed by atoms with Gasteiger partial charge in [-0.1, -0.05) is 34.6 Å². The van der Waals surface area contributed by atoms with Crippen molar-refractivity contribution in [1.29, 1.82) is 0 Å². The molecule has 11 nitrogen and oxygen atoms in total. The Balaban J connectivity index is 0.00000452. The molecule has 43 heavy (non-hydrogen) atoms. The van der Waals surface area contributed by atoms with E-state index < -0.39 is 71.9 Å². The third kappa shape index (κ3) is 9.80. The fraction of sp³-hybridized carbons (Fsp3) is 0.969. The number of esters is 1. The molecule has 2 saturated heterocycles. The number of ether oxygens (including phenoxy) is 3. The summed E-state index contributed by atoms with van der Waals surface area (Å²) in [6, 6.07) is -0.733. The lowest BCUT2D eigenvalue weighted by Gasteiger charge is -2.46. The summed E-state index contributed by atoms with van der Waals surface area (Å²) < 4.78 is 18.1. The highest BCUT2D eigenvalue weighted by atomic mass is 16.7. The number of aliphatic hydroxyl groups is 5. The lowest BCUT2D eigenvalue weighted by Crippen LogP contribution is -2.59. The Morgan fingerprint density at radius 3 is 2.09 bits per heavy atom. The van der Waals surface area contributed by atoms with E-state index in [1.165, 1.54) is 13.8 Å². The van der Waals surface area contributed by atoms with E-state index in [9.17, 15) is 30.3 Å². The molecule has 0 aromatic rings. The minimum Gasteiger partial charge on any atom is -0.459 e. The summed E-state index contributed by atoms with van der Waals surface area (Å²) in [5.74, 6) is -2.65. The summed E-state index contributed by atoms with van der Waals surface area (Å²) in [4.78, 5) is 17.1. The van der Waals surface area contributed by atoms with Crippen molar-refractivity contribution >= 4 is 5.97 Å². The van der Waals surface area contributed by atoms with Gasteiger partial charge in [0.1, 0.15) is 23.9 Å². The standard InChI is InChI=1S/C30H58N2O9.C2H6/c1-12-22-30(8,38)25(35)20(6)32(11)15-16(2)14-29(7,37)26(18(4)23(33)19(5)27(36)40-22)41-28-24(34)21(31(9)10)13-17(3)39-28;1-2/h16-26,28,33-35,37-38H,12-15H2,1-11H3;1-2H3/t16-,17-,18+,19-,20-,21+,22-,23+,24-,25-,26-,28+,29-,30-;/m1./s1. The quantitative estimate of drug-likeness (QED) is 0.294. The molecule has 0 radical (unpaired) electrons. The smallest absolute Gasteiger partial charge is 0.311 e. The molecule has 256 valence electrons. The largest absolute Gasteiger partial charge is 0.459 e. The van der Waals surface area contributed by atoms with Crippen molar-refractivity contribution in [2.24, 2.45) is 17.8 Å². The van der Waals surface area contributed by atoms with Gasteiger partial charge in [0, 0.05) is 24.5 Å². The molecule has 2 rings (SSSR count). The Morgan fingerprint density at radius 1 is 1.02 bits per heavy atom. The van der Waals surface area contributed by atoms with Gasteiger partial charge in [-0.2, -0.15) is 0 Å². The average Bonchev–Trinajstić information content (AvgIpc) is 2.93. The molecule has 0 amide bonds. The Hall–Kier alpha value is -0.890. The number of rotatable bonds is 4. The van der Waals surface area contributed by atoms with E-state index in [1.807, 2.05) is 58.6 Å². The molecule has 14 atom stereocenters. The monoisotopic (exact) mass is 620 g/mol. The van der Waals surface area contributed by atoms with Crippen LogP contribution in [0, 0.1) is 17.8 Å². The third-order valence-electron chi connectivity index (χ3n) is 9.46. The van der Waals surface area contributed by atoms with Crippen LogP contribution >= 0.6 is 0 Å². The first-order valence-corrected chi connectivity index (χ1v) is 16.1. The second-order valence-corrected chi connectivity index (χ2v) is 13.6. The molecule has 0 saturated carbocycles. The first-order valence-electron chi connectivity index (χ1n) is 16.1. The molecule has 0 aromatic heterocycles. The van der Waals surface area contributed by atoms with E-state index in [1.54, 1.807) is 27.7 Å². The van der Waals surface area contributed by atoms with Crippen LogP contribution in [0.15, 0.2) is 0 Å². The van der Waals surface area contributed by atoms with E-state index in [2.05, 4.69) is 0 Å². The van der Waals surface area contributed by atoms with Crippen LogP contribution in [-0.4, -0.2) is 135 Å². The molecular formula is C32H64N2O9. The molecule has 2 fully saturated rings. The van der Waals surface area contributed by atoms with Crippen LogP contribution in [-0.2, 0) is 19.0 Å². The normalized spacial score (nSPS) is 46.3. The minimum absolute atomic E-state index is 0.0990. The second-order valence-electron chi connectivity index (χ2n) is 13.6. The number of cyclic esters (lactones) is 1. The van der Waals surface area contributed by atoms with Crippen molar-refractivity contribution in [3.05, 3.63) is 0 Å². The summed E-state index contributed by atoms with van der Waals surface area (Å²) in [6.45, 7) is 18.2. The zero-order valence-electron chi connectivity index (χ0n) is 29.0. The highest BCUT2D eigenvalue weighted by molar-refractivity contribution is 5.73. The molecule has 0 aliphatic carbocycles. The maximum Gasteiger partial charge on any atom is 0.311 e. The van der Waals surface area contributed by atoms with Gasteiger partial charge in [0.15, 0.2) is 6.29 Å². The Kier molecular flexibility index (Phi) is 15.5. The highest BCUT2D eigenvalue weighted by Crippen LogP contribution is 2.36. The number of hydrogen-bond acceptors (Lipinski definition) is 11. The maximum absolute atomic E-state index is 13.3. The van der Waals surface area contributed by atoms with Crippen molar-refractivity contribution in [1.82, 2.24) is 9.80 Å². The van der Waals surface area contributed by atoms with Crippen molar-refractivity contribution in [3.8, 4) is 0 Å². The van der Waals surface area contributed by atoms with Gasteiger partial charge >= 0.3 is 5.97 Å². The van der Waals surface area contributed by atoms with Gasteiger partial charge in [0.05, 0.1) is 29.8 Å². The summed E-state index contributed by atoms with van der Waals surface area (Å²) in [6.07, 6.45) is -5.74. The third-order valence-corrected chi connectivity index (χ3v) is 9.46. The molecule has 2 aliphatic rings. The molecule has 0 spiro atoms. The van der Waals surface area contributed by atoms with Crippen molar-refractivity contribution in [2.45, 2.75) is 155 Å². The molecule has 0 unspecified atom stereocenters. The zero-order chi connectivity index (χ0) is 33.6. The van der Waals surface area contributed by atoms with E-state index in [-0.39, 0.29) is 30.9 Å². The maximum atomic E-state index is 13.3. The number of likely N-dealkylation sites (N-methyl/N-ethyl adjacent to an activating group) is 2. The van der Waals surface area contributed by atoms with E-state index in [0.717, 1.165) is 0 Å². The molecule has 5 N–H and O–H groups in total. The predicted octanol–water partition coefficient (Wildman–Crippen LogP) is 2.00. The van der Waals surface area contributed by atoms with Crippen LogP contribution in [0.3, 0.4) is 0 Å². The average molecular weight is 621 g/mol.